The van der Waals surface area contributed by atoms with E-state index in [1.165, 1.54) is 61.2 Å². The number of halogens is 2. The third-order valence-corrected chi connectivity index (χ3v) is 8.52. The Morgan fingerprint density at radius 2 is 1.59 bits per heavy atom. The van der Waals surface area contributed by atoms with Gasteiger partial charge in [-0.3, -0.25) is 14.5 Å². The van der Waals surface area contributed by atoms with Crippen LogP contribution in [-0.2, 0) is 9.53 Å². The van der Waals surface area contributed by atoms with Crippen molar-refractivity contribution < 1.29 is 40.2 Å². The number of carbonyl (C=O) groups excluding carboxylic acids is 3. The van der Waals surface area contributed by atoms with Crippen molar-refractivity contribution in [1.82, 2.24) is 19.9 Å². The second-order valence-electron chi connectivity index (χ2n) is 12.3. The fraction of sp³-hybridized carbons (Fsp3) is 0.343. The van der Waals surface area contributed by atoms with Crippen molar-refractivity contribution in [2.75, 3.05) is 62.7 Å². The molecule has 51 heavy (non-hydrogen) atoms. The number of ether oxygens (including phenoxy) is 3. The highest BCUT2D eigenvalue weighted by molar-refractivity contribution is 6.03. The number of carbonyl (C=O) groups is 3. The number of aromatic nitrogens is 2. The summed E-state index contributed by atoms with van der Waals surface area (Å²) >= 11 is 0. The summed E-state index contributed by atoms with van der Waals surface area (Å²) in [7, 11) is 4.11. The van der Waals surface area contributed by atoms with Crippen LogP contribution >= 0.6 is 0 Å². The number of methoxy groups -OCH3 is 3. The summed E-state index contributed by atoms with van der Waals surface area (Å²) in [5, 5.41) is 7.15. The lowest BCUT2D eigenvalue weighted by Crippen LogP contribution is -2.62. The highest BCUT2D eigenvalue weighted by Crippen LogP contribution is 2.37. The van der Waals surface area contributed by atoms with Gasteiger partial charge in [-0.1, -0.05) is 0 Å². The van der Waals surface area contributed by atoms with Crippen LogP contribution in [0.15, 0.2) is 65.5 Å². The van der Waals surface area contributed by atoms with Gasteiger partial charge in [0.2, 0.25) is 5.91 Å². The standard InChI is InChI=1S/C35H39F2N7O7.2H2/c1-21(43(28-14-12-25(49-4)20-29(28)50-5)33(47)38-24-10-7-22(36)8-11-24)30-39-27-19-23(37)9-13-26(27)31(45)44(30)42-17-15-41(16-18-42)32(46)35(2,3)40-34(48)51-6;;/h7-14,19-21H,15-18H2,1-6H3,(H,38,47)(H,40,48);2*1H. The minimum atomic E-state index is -1.27. The normalized spacial score (nSPS) is 13.7. The third-order valence-electron chi connectivity index (χ3n) is 8.52. The number of rotatable bonds is 9. The zero-order valence-electron chi connectivity index (χ0n) is 29.0. The van der Waals surface area contributed by atoms with Crippen molar-refractivity contribution >= 4 is 40.3 Å². The Hall–Kier alpha value is -5.93. The van der Waals surface area contributed by atoms with Gasteiger partial charge in [0.05, 0.1) is 57.1 Å². The van der Waals surface area contributed by atoms with E-state index in [0.29, 0.717) is 11.4 Å². The molecule has 1 aliphatic heterocycles. The summed E-state index contributed by atoms with van der Waals surface area (Å²) in [6.45, 7) is 5.46. The van der Waals surface area contributed by atoms with E-state index in [1.807, 2.05) is 0 Å². The average Bonchev–Trinajstić information content (AvgIpc) is 3.12. The van der Waals surface area contributed by atoms with Crippen molar-refractivity contribution in [1.29, 1.82) is 0 Å². The summed E-state index contributed by atoms with van der Waals surface area (Å²) in [4.78, 5) is 61.4. The molecule has 1 unspecified atom stereocenters. The number of nitrogens with zero attached hydrogens (tertiary/aromatic N) is 5. The first kappa shape index (κ1) is 36.4. The molecule has 14 nitrogen and oxygen atoms in total. The maximum absolute atomic E-state index is 14.5. The number of hydrogen-bond acceptors (Lipinski definition) is 9. The maximum Gasteiger partial charge on any atom is 0.407 e. The summed E-state index contributed by atoms with van der Waals surface area (Å²) < 4.78 is 45.2. The van der Waals surface area contributed by atoms with Crippen LogP contribution in [0.2, 0.25) is 0 Å². The molecule has 0 spiro atoms. The molecule has 4 amide bonds. The average molecular weight is 712 g/mol. The van der Waals surface area contributed by atoms with Gasteiger partial charge in [0.15, 0.2) is 5.82 Å². The quantitative estimate of drug-likeness (QED) is 0.248. The van der Waals surface area contributed by atoms with Crippen LogP contribution in [0.4, 0.5) is 29.7 Å². The zero-order valence-corrected chi connectivity index (χ0v) is 29.0. The largest absolute Gasteiger partial charge is 0.497 e. The van der Waals surface area contributed by atoms with Crippen molar-refractivity contribution in [2.24, 2.45) is 0 Å². The van der Waals surface area contributed by atoms with Gasteiger partial charge >= 0.3 is 12.1 Å². The molecule has 4 aromatic rings. The Bertz CT molecular complexity index is 2010. The number of benzene rings is 3. The van der Waals surface area contributed by atoms with E-state index >= 15 is 0 Å². The van der Waals surface area contributed by atoms with Crippen molar-refractivity contribution in [2.45, 2.75) is 32.4 Å². The van der Waals surface area contributed by atoms with Crippen LogP contribution in [0.3, 0.4) is 0 Å². The molecule has 1 fully saturated rings. The summed E-state index contributed by atoms with van der Waals surface area (Å²) in [6.07, 6.45) is -0.752. The molecule has 1 atom stereocenters. The number of fused-ring (bicyclic) bond motifs is 1. The Balaban J connectivity index is 0.00000378. The van der Waals surface area contributed by atoms with E-state index in [-0.39, 0.29) is 63.1 Å². The predicted molar refractivity (Wildman–Crippen MR) is 190 cm³/mol. The molecule has 0 aliphatic carbocycles. The first-order valence-electron chi connectivity index (χ1n) is 16.0. The first-order chi connectivity index (χ1) is 24.3. The molecular formula is C35H43F2N7O7. The predicted octanol–water partition coefficient (Wildman–Crippen LogP) is 4.90. The number of hydrogen-bond donors (Lipinski definition) is 2. The fourth-order valence-corrected chi connectivity index (χ4v) is 5.87. The highest BCUT2D eigenvalue weighted by Gasteiger charge is 2.37. The van der Waals surface area contributed by atoms with E-state index in [4.69, 9.17) is 14.5 Å². The van der Waals surface area contributed by atoms with E-state index in [2.05, 4.69) is 15.4 Å². The molecule has 3 aromatic carbocycles. The Labute approximate surface area is 295 Å². The molecule has 0 saturated carbocycles. The lowest BCUT2D eigenvalue weighted by molar-refractivity contribution is -0.137. The first-order valence-corrected chi connectivity index (χ1v) is 16.0. The van der Waals surface area contributed by atoms with Crippen LogP contribution in [0.25, 0.3) is 10.9 Å². The molecular weight excluding hydrogens is 668 g/mol. The van der Waals surface area contributed by atoms with Crippen molar-refractivity contribution in [3.05, 3.63) is 88.5 Å². The topological polar surface area (TPSA) is 148 Å². The van der Waals surface area contributed by atoms with Gasteiger partial charge in [-0.05, 0) is 69.3 Å². The van der Waals surface area contributed by atoms with Gasteiger partial charge in [0.25, 0.3) is 5.56 Å². The smallest absolute Gasteiger partial charge is 0.407 e. The molecule has 2 heterocycles. The molecule has 1 aromatic heterocycles. The minimum Gasteiger partial charge on any atom is -0.497 e. The van der Waals surface area contributed by atoms with E-state index in [9.17, 15) is 28.0 Å². The zero-order chi connectivity index (χ0) is 37.0. The number of anilines is 2. The van der Waals surface area contributed by atoms with E-state index in [0.717, 1.165) is 12.1 Å². The van der Waals surface area contributed by atoms with Gasteiger partial charge in [-0.2, -0.15) is 0 Å². The third kappa shape index (κ3) is 7.64. The van der Waals surface area contributed by atoms with Crippen LogP contribution < -0.4 is 35.6 Å². The van der Waals surface area contributed by atoms with Crippen LogP contribution in [0.5, 0.6) is 11.5 Å². The Kier molecular flexibility index (Phi) is 10.6. The maximum atomic E-state index is 14.5. The summed E-state index contributed by atoms with van der Waals surface area (Å²) in [6, 6.07) is 12.0. The van der Waals surface area contributed by atoms with Gasteiger partial charge in [0, 0.05) is 33.8 Å². The number of urea groups is 1. The van der Waals surface area contributed by atoms with Crippen LogP contribution in [0, 0.1) is 11.6 Å². The summed E-state index contributed by atoms with van der Waals surface area (Å²) in [5.41, 5.74) is -1.14. The molecule has 0 bridgehead atoms. The van der Waals surface area contributed by atoms with Crippen LogP contribution in [0.1, 0.15) is 35.5 Å². The monoisotopic (exact) mass is 711 g/mol. The Morgan fingerprint density at radius 1 is 0.922 bits per heavy atom. The van der Waals surface area contributed by atoms with Gasteiger partial charge in [-0.25, -0.2) is 28.0 Å². The molecule has 16 heteroatoms. The molecule has 0 radical (unpaired) electrons. The minimum absolute atomic E-state index is 0. The molecule has 2 N–H and O–H groups in total. The molecule has 1 aliphatic rings. The second kappa shape index (κ2) is 14.9. The second-order valence-corrected chi connectivity index (χ2v) is 12.3. The Morgan fingerprint density at radius 3 is 2.22 bits per heavy atom. The van der Waals surface area contributed by atoms with Crippen molar-refractivity contribution in [3.63, 3.8) is 0 Å². The summed E-state index contributed by atoms with van der Waals surface area (Å²) in [5.74, 6) is -0.656. The van der Waals surface area contributed by atoms with Gasteiger partial charge in [0.1, 0.15) is 28.7 Å². The number of piperazine rings is 1. The molecule has 274 valence electrons. The number of amides is 4. The highest BCUT2D eigenvalue weighted by atomic mass is 19.1. The fourth-order valence-electron chi connectivity index (χ4n) is 5.87. The van der Waals surface area contributed by atoms with Crippen LogP contribution in [-0.4, -0.2) is 85.6 Å². The van der Waals surface area contributed by atoms with E-state index in [1.54, 1.807) is 48.9 Å². The molecule has 5 rings (SSSR count). The SMILES string of the molecule is COC(=O)NC(C)(C)C(=O)N1CCN(n2c(C(C)N(C(=O)Nc3ccc(F)cc3)c3ccc(OC)cc3OC)nc3cc(F)ccc3c2=O)CC1.[HH].[HH]. The van der Waals surface area contributed by atoms with E-state index < -0.39 is 40.9 Å². The van der Waals surface area contributed by atoms with Crippen molar-refractivity contribution in [3.8, 4) is 11.5 Å². The number of alkyl carbamates (subject to hydrolysis) is 1. The van der Waals surface area contributed by atoms with Gasteiger partial charge in [-0.15, -0.1) is 0 Å². The molecule has 1 saturated heterocycles. The number of nitrogens with one attached hydrogen (secondary N) is 2. The van der Waals surface area contributed by atoms with Gasteiger partial charge < -0.3 is 34.8 Å². The lowest BCUT2D eigenvalue weighted by atomic mass is 10.0. The lowest BCUT2D eigenvalue weighted by Gasteiger charge is -2.41.